The number of rotatable bonds is 7. The number of thioether (sulfide) groups is 1. The van der Waals surface area contributed by atoms with Crippen molar-refractivity contribution in [1.29, 1.82) is 0 Å². The van der Waals surface area contributed by atoms with Gasteiger partial charge < -0.3 is 0 Å². The summed E-state index contributed by atoms with van der Waals surface area (Å²) in [6.07, 6.45) is 2.81. The molecule has 0 saturated heterocycles. The van der Waals surface area contributed by atoms with E-state index < -0.39 is 0 Å². The molecular formula is C14H19FN4S. The Hall–Kier alpha value is -1.37. The predicted octanol–water partition coefficient (Wildman–Crippen LogP) is 2.73. The van der Waals surface area contributed by atoms with Crippen LogP contribution in [-0.2, 0) is 6.54 Å². The van der Waals surface area contributed by atoms with Crippen molar-refractivity contribution in [1.82, 2.24) is 15.2 Å². The van der Waals surface area contributed by atoms with Crippen molar-refractivity contribution in [3.63, 3.8) is 0 Å². The van der Waals surface area contributed by atoms with Crippen LogP contribution in [0.15, 0.2) is 41.4 Å². The standard InChI is InChI=1S/C14H19FN4S/c1-2-9-19-14(7-8-17-19)13(18-16)10-20-12-5-3-11(15)4-6-12/h3-8,13,18H,2,9-10,16H2,1H3. The maximum Gasteiger partial charge on any atom is 0.123 e. The molecule has 0 spiro atoms. The van der Waals surface area contributed by atoms with E-state index in [9.17, 15) is 4.39 Å². The molecule has 1 atom stereocenters. The second-order valence-corrected chi connectivity index (χ2v) is 5.56. The van der Waals surface area contributed by atoms with Crippen LogP contribution in [0.25, 0.3) is 0 Å². The Kier molecular flexibility index (Phi) is 5.58. The summed E-state index contributed by atoms with van der Waals surface area (Å²) in [6, 6.07) is 8.47. The maximum absolute atomic E-state index is 12.9. The molecule has 6 heteroatoms. The van der Waals surface area contributed by atoms with Gasteiger partial charge in [0.05, 0.1) is 11.7 Å². The minimum absolute atomic E-state index is 0.0131. The van der Waals surface area contributed by atoms with Crippen LogP contribution in [0.5, 0.6) is 0 Å². The molecule has 0 aliphatic rings. The first-order valence-electron chi connectivity index (χ1n) is 6.60. The summed E-state index contributed by atoms with van der Waals surface area (Å²) in [5, 5.41) is 4.30. The summed E-state index contributed by atoms with van der Waals surface area (Å²) in [7, 11) is 0. The number of nitrogens with zero attached hydrogens (tertiary/aromatic N) is 2. The summed E-state index contributed by atoms with van der Waals surface area (Å²) in [5.41, 5.74) is 3.90. The van der Waals surface area contributed by atoms with E-state index in [1.54, 1.807) is 30.1 Å². The van der Waals surface area contributed by atoms with Gasteiger partial charge in [-0.3, -0.25) is 16.0 Å². The molecule has 0 aliphatic heterocycles. The molecule has 2 aromatic rings. The Morgan fingerprint density at radius 3 is 2.75 bits per heavy atom. The molecule has 0 saturated carbocycles. The number of hydrazine groups is 1. The molecule has 0 bridgehead atoms. The summed E-state index contributed by atoms with van der Waals surface area (Å²) < 4.78 is 14.8. The number of benzene rings is 1. The van der Waals surface area contributed by atoms with E-state index >= 15 is 0 Å². The molecule has 1 heterocycles. The zero-order chi connectivity index (χ0) is 14.4. The van der Waals surface area contributed by atoms with Crippen LogP contribution in [0.4, 0.5) is 4.39 Å². The van der Waals surface area contributed by atoms with Gasteiger partial charge in [-0.1, -0.05) is 6.92 Å². The monoisotopic (exact) mass is 294 g/mol. The molecule has 1 unspecified atom stereocenters. The predicted molar refractivity (Wildman–Crippen MR) is 79.7 cm³/mol. The molecule has 0 fully saturated rings. The van der Waals surface area contributed by atoms with Crippen LogP contribution in [0.3, 0.4) is 0 Å². The number of hydrogen-bond acceptors (Lipinski definition) is 4. The third-order valence-corrected chi connectivity index (χ3v) is 4.08. The van der Waals surface area contributed by atoms with Crippen LogP contribution >= 0.6 is 11.8 Å². The third-order valence-electron chi connectivity index (χ3n) is 2.97. The van der Waals surface area contributed by atoms with Crippen LogP contribution in [0.1, 0.15) is 25.1 Å². The Labute approximate surface area is 122 Å². The summed E-state index contributed by atoms with van der Waals surface area (Å²) in [6.45, 7) is 2.99. The SMILES string of the molecule is CCCn1nccc1C(CSc1ccc(F)cc1)NN. The molecule has 0 aliphatic carbocycles. The highest BCUT2D eigenvalue weighted by molar-refractivity contribution is 7.99. The van der Waals surface area contributed by atoms with Crippen molar-refractivity contribution in [2.45, 2.75) is 30.8 Å². The van der Waals surface area contributed by atoms with Crippen molar-refractivity contribution in [3.8, 4) is 0 Å². The first kappa shape index (κ1) is 15.0. The number of aryl methyl sites for hydroxylation is 1. The second-order valence-electron chi connectivity index (χ2n) is 4.46. The van der Waals surface area contributed by atoms with Gasteiger partial charge in [-0.05, 0) is 36.8 Å². The molecule has 0 radical (unpaired) electrons. The average Bonchev–Trinajstić information content (AvgIpc) is 2.90. The second kappa shape index (κ2) is 7.42. The van der Waals surface area contributed by atoms with Gasteiger partial charge in [-0.25, -0.2) is 4.39 Å². The van der Waals surface area contributed by atoms with Crippen molar-refractivity contribution in [2.75, 3.05) is 5.75 Å². The normalized spacial score (nSPS) is 12.6. The van der Waals surface area contributed by atoms with E-state index in [2.05, 4.69) is 17.4 Å². The third kappa shape index (κ3) is 3.82. The van der Waals surface area contributed by atoms with E-state index in [1.807, 2.05) is 10.7 Å². The lowest BCUT2D eigenvalue weighted by Crippen LogP contribution is -2.31. The van der Waals surface area contributed by atoms with Crippen molar-refractivity contribution in [2.24, 2.45) is 5.84 Å². The molecule has 2 rings (SSSR count). The molecule has 1 aromatic carbocycles. The Morgan fingerprint density at radius 2 is 2.10 bits per heavy atom. The highest BCUT2D eigenvalue weighted by Crippen LogP contribution is 2.24. The van der Waals surface area contributed by atoms with Crippen LogP contribution in [0, 0.1) is 5.82 Å². The molecule has 1 aromatic heterocycles. The first-order chi connectivity index (χ1) is 9.74. The van der Waals surface area contributed by atoms with Gasteiger partial charge in [-0.2, -0.15) is 5.10 Å². The number of aromatic nitrogens is 2. The Morgan fingerprint density at radius 1 is 1.35 bits per heavy atom. The molecule has 0 amide bonds. The maximum atomic E-state index is 12.9. The smallest absolute Gasteiger partial charge is 0.123 e. The van der Waals surface area contributed by atoms with Crippen LogP contribution in [0.2, 0.25) is 0 Å². The number of nitrogens with one attached hydrogen (secondary N) is 1. The Balaban J connectivity index is 2.01. The van der Waals surface area contributed by atoms with Gasteiger partial charge in [0.15, 0.2) is 0 Å². The zero-order valence-electron chi connectivity index (χ0n) is 11.4. The lowest BCUT2D eigenvalue weighted by Gasteiger charge is -2.17. The molecule has 108 valence electrons. The minimum atomic E-state index is -0.219. The fourth-order valence-electron chi connectivity index (χ4n) is 1.97. The average molecular weight is 294 g/mol. The summed E-state index contributed by atoms with van der Waals surface area (Å²) >= 11 is 1.64. The Bertz CT molecular complexity index is 526. The van der Waals surface area contributed by atoms with Gasteiger partial charge in [-0.15, -0.1) is 11.8 Å². The van der Waals surface area contributed by atoms with Crippen LogP contribution in [-0.4, -0.2) is 15.5 Å². The topological polar surface area (TPSA) is 55.9 Å². The van der Waals surface area contributed by atoms with Crippen molar-refractivity contribution in [3.05, 3.63) is 48.0 Å². The highest BCUT2D eigenvalue weighted by Gasteiger charge is 2.14. The first-order valence-corrected chi connectivity index (χ1v) is 7.59. The summed E-state index contributed by atoms with van der Waals surface area (Å²) in [4.78, 5) is 1.02. The lowest BCUT2D eigenvalue weighted by molar-refractivity contribution is 0.508. The van der Waals surface area contributed by atoms with Crippen LogP contribution < -0.4 is 11.3 Å². The van der Waals surface area contributed by atoms with E-state index in [0.717, 1.165) is 29.3 Å². The molecule has 4 nitrogen and oxygen atoms in total. The van der Waals surface area contributed by atoms with Gasteiger partial charge >= 0.3 is 0 Å². The van der Waals surface area contributed by atoms with E-state index in [1.165, 1.54) is 12.1 Å². The zero-order valence-corrected chi connectivity index (χ0v) is 12.2. The van der Waals surface area contributed by atoms with Crippen molar-refractivity contribution < 1.29 is 4.39 Å². The summed E-state index contributed by atoms with van der Waals surface area (Å²) in [5.74, 6) is 6.20. The lowest BCUT2D eigenvalue weighted by atomic mass is 10.2. The highest BCUT2D eigenvalue weighted by atomic mass is 32.2. The minimum Gasteiger partial charge on any atom is -0.271 e. The number of hydrogen-bond donors (Lipinski definition) is 2. The van der Waals surface area contributed by atoms with E-state index in [0.29, 0.717) is 0 Å². The largest absolute Gasteiger partial charge is 0.271 e. The number of halogens is 1. The number of nitrogens with two attached hydrogens (primary N) is 1. The molecule has 3 N–H and O–H groups in total. The molecular weight excluding hydrogens is 275 g/mol. The van der Waals surface area contributed by atoms with Gasteiger partial charge in [0.1, 0.15) is 5.82 Å². The van der Waals surface area contributed by atoms with Gasteiger partial charge in [0.25, 0.3) is 0 Å². The quantitative estimate of drug-likeness (QED) is 0.468. The fraction of sp³-hybridized carbons (Fsp3) is 0.357. The van der Waals surface area contributed by atoms with E-state index in [4.69, 9.17) is 5.84 Å². The van der Waals surface area contributed by atoms with E-state index in [-0.39, 0.29) is 11.9 Å². The van der Waals surface area contributed by atoms with Gasteiger partial charge in [0.2, 0.25) is 0 Å². The fourth-order valence-corrected chi connectivity index (χ4v) is 2.92. The molecule has 20 heavy (non-hydrogen) atoms. The van der Waals surface area contributed by atoms with Crippen molar-refractivity contribution >= 4 is 11.8 Å². The van der Waals surface area contributed by atoms with Gasteiger partial charge in [0, 0.05) is 23.4 Å².